The third-order valence-electron chi connectivity index (χ3n) is 2.20. The van der Waals surface area contributed by atoms with E-state index in [9.17, 15) is 19.7 Å². The largest absolute Gasteiger partial charge is 0.481 e. The number of benzene rings is 1. The fraction of sp³-hybridized carbons (Fsp3) is 0.273. The van der Waals surface area contributed by atoms with Crippen LogP contribution >= 0.6 is 0 Å². The summed E-state index contributed by atoms with van der Waals surface area (Å²) in [6, 6.07) is 4.23. The maximum atomic E-state index is 10.9. The molecule has 0 saturated heterocycles. The van der Waals surface area contributed by atoms with E-state index in [1.165, 1.54) is 19.1 Å². The first kappa shape index (κ1) is 13.6. The number of carboxylic acids is 1. The molecule has 0 fully saturated rings. The van der Waals surface area contributed by atoms with Crippen LogP contribution < -0.4 is 5.32 Å². The average Bonchev–Trinajstić information content (AvgIpc) is 2.26. The molecule has 0 saturated carbocycles. The molecule has 18 heavy (non-hydrogen) atoms. The summed E-state index contributed by atoms with van der Waals surface area (Å²) in [5.41, 5.74) is 0.401. The lowest BCUT2D eigenvalue weighted by atomic mass is 10.1. The molecule has 0 aliphatic carbocycles. The monoisotopic (exact) mass is 252 g/mol. The number of hydrogen-bond donors (Lipinski definition) is 2. The Hall–Kier alpha value is -2.44. The third kappa shape index (κ3) is 3.85. The van der Waals surface area contributed by atoms with Gasteiger partial charge < -0.3 is 10.4 Å². The van der Waals surface area contributed by atoms with Gasteiger partial charge >= 0.3 is 5.97 Å². The molecular formula is C11H12N2O5. The van der Waals surface area contributed by atoms with Crippen LogP contribution in [0.2, 0.25) is 0 Å². The maximum absolute atomic E-state index is 10.9. The van der Waals surface area contributed by atoms with Gasteiger partial charge in [-0.1, -0.05) is 6.07 Å². The molecule has 1 aromatic rings. The van der Waals surface area contributed by atoms with Crippen LogP contribution in [0.4, 0.5) is 11.4 Å². The molecule has 2 N–H and O–H groups in total. The summed E-state index contributed by atoms with van der Waals surface area (Å²) in [6.07, 6.45) is 0.104. The van der Waals surface area contributed by atoms with E-state index in [0.717, 1.165) is 0 Å². The van der Waals surface area contributed by atoms with E-state index >= 15 is 0 Å². The highest BCUT2D eigenvalue weighted by Gasteiger charge is 2.15. The fourth-order valence-electron chi connectivity index (χ4n) is 1.43. The number of nitrogens with zero attached hydrogens (tertiary/aromatic N) is 1. The number of anilines is 1. The van der Waals surface area contributed by atoms with E-state index in [1.54, 1.807) is 6.07 Å². The predicted octanol–water partition coefficient (Wildman–Crippen LogP) is 1.57. The highest BCUT2D eigenvalue weighted by Crippen LogP contribution is 2.26. The molecule has 0 aromatic heterocycles. The zero-order chi connectivity index (χ0) is 13.7. The van der Waals surface area contributed by atoms with Gasteiger partial charge in [-0.15, -0.1) is 0 Å². The van der Waals surface area contributed by atoms with Gasteiger partial charge in [-0.3, -0.25) is 19.7 Å². The first-order chi connectivity index (χ1) is 8.40. The molecule has 7 nitrogen and oxygen atoms in total. The molecule has 7 heteroatoms. The number of hydrogen-bond acceptors (Lipinski definition) is 4. The number of nitro groups is 1. The van der Waals surface area contributed by atoms with Gasteiger partial charge in [0.2, 0.25) is 5.91 Å². The lowest BCUT2D eigenvalue weighted by Crippen LogP contribution is -2.08. The zero-order valence-corrected chi connectivity index (χ0v) is 9.67. The molecule has 0 aliphatic rings. The van der Waals surface area contributed by atoms with Crippen molar-refractivity contribution < 1.29 is 19.6 Å². The van der Waals surface area contributed by atoms with Crippen molar-refractivity contribution in [1.29, 1.82) is 0 Å². The standard InChI is InChI=1S/C11H12N2O5/c1-7(14)12-9-4-2-8(3-5-11(15)16)6-10(9)13(17)18/h2,4,6H,3,5H2,1H3,(H,12,14)(H,15,16). The van der Waals surface area contributed by atoms with Crippen LogP contribution in [0.5, 0.6) is 0 Å². The van der Waals surface area contributed by atoms with Gasteiger partial charge in [-0.05, 0) is 18.1 Å². The second-order valence-corrected chi connectivity index (χ2v) is 3.68. The Labute approximate surface area is 103 Å². The fourth-order valence-corrected chi connectivity index (χ4v) is 1.43. The third-order valence-corrected chi connectivity index (χ3v) is 2.20. The van der Waals surface area contributed by atoms with Crippen molar-refractivity contribution in [3.05, 3.63) is 33.9 Å². The number of nitro benzene ring substituents is 1. The minimum absolute atomic E-state index is 0.101. The molecular weight excluding hydrogens is 240 g/mol. The molecule has 0 unspecified atom stereocenters. The van der Waals surface area contributed by atoms with Gasteiger partial charge in [0.15, 0.2) is 0 Å². The average molecular weight is 252 g/mol. The van der Waals surface area contributed by atoms with Gasteiger partial charge in [-0.2, -0.15) is 0 Å². The van der Waals surface area contributed by atoms with Crippen molar-refractivity contribution in [3.8, 4) is 0 Å². The van der Waals surface area contributed by atoms with Crippen molar-refractivity contribution in [1.82, 2.24) is 0 Å². The van der Waals surface area contributed by atoms with Crippen LogP contribution in [-0.2, 0) is 16.0 Å². The zero-order valence-electron chi connectivity index (χ0n) is 9.67. The molecule has 1 aromatic carbocycles. The summed E-state index contributed by atoms with van der Waals surface area (Å²) in [6.45, 7) is 1.25. The van der Waals surface area contributed by atoms with Gasteiger partial charge in [0.25, 0.3) is 5.69 Å². The number of aliphatic carboxylic acids is 1. The summed E-state index contributed by atoms with van der Waals surface area (Å²) in [7, 11) is 0. The molecule has 0 spiro atoms. The Balaban J connectivity index is 2.99. The van der Waals surface area contributed by atoms with Crippen LogP contribution in [0, 0.1) is 10.1 Å². The lowest BCUT2D eigenvalue weighted by Gasteiger charge is -2.05. The number of nitrogens with one attached hydrogen (secondary N) is 1. The summed E-state index contributed by atoms with van der Waals surface area (Å²) in [5.74, 6) is -1.38. The number of rotatable bonds is 5. The molecule has 96 valence electrons. The van der Waals surface area contributed by atoms with E-state index in [-0.39, 0.29) is 24.2 Å². The summed E-state index contributed by atoms with van der Waals surface area (Å²) < 4.78 is 0. The van der Waals surface area contributed by atoms with Gasteiger partial charge in [-0.25, -0.2) is 0 Å². The minimum Gasteiger partial charge on any atom is -0.481 e. The summed E-state index contributed by atoms with van der Waals surface area (Å²) in [5, 5.41) is 21.7. The smallest absolute Gasteiger partial charge is 0.303 e. The van der Waals surface area contributed by atoms with Crippen LogP contribution in [0.3, 0.4) is 0 Å². The molecule has 0 heterocycles. The number of aryl methyl sites for hydroxylation is 1. The van der Waals surface area contributed by atoms with Crippen molar-refractivity contribution in [3.63, 3.8) is 0 Å². The maximum Gasteiger partial charge on any atom is 0.303 e. The molecule has 0 radical (unpaired) electrons. The SMILES string of the molecule is CC(=O)Nc1ccc(CCC(=O)O)cc1[N+](=O)[O-]. The first-order valence-electron chi connectivity index (χ1n) is 5.17. The van der Waals surface area contributed by atoms with Crippen molar-refractivity contribution in [2.24, 2.45) is 0 Å². The van der Waals surface area contributed by atoms with Crippen molar-refractivity contribution in [2.45, 2.75) is 19.8 Å². The molecule has 1 rings (SSSR count). The van der Waals surface area contributed by atoms with Crippen LogP contribution in [0.1, 0.15) is 18.9 Å². The van der Waals surface area contributed by atoms with E-state index in [1.807, 2.05) is 0 Å². The quantitative estimate of drug-likeness (QED) is 0.610. The van der Waals surface area contributed by atoms with Crippen LogP contribution in [0.15, 0.2) is 18.2 Å². The highest BCUT2D eigenvalue weighted by molar-refractivity contribution is 5.91. The Bertz CT molecular complexity index is 498. The molecule has 0 bridgehead atoms. The van der Waals surface area contributed by atoms with Crippen LogP contribution in [0.25, 0.3) is 0 Å². The topological polar surface area (TPSA) is 110 Å². The lowest BCUT2D eigenvalue weighted by molar-refractivity contribution is -0.384. The normalized spacial score (nSPS) is 9.83. The van der Waals surface area contributed by atoms with Gasteiger partial charge in [0, 0.05) is 19.4 Å². The van der Waals surface area contributed by atoms with Gasteiger partial charge in [0.1, 0.15) is 5.69 Å². The number of amides is 1. The predicted molar refractivity (Wildman–Crippen MR) is 63.4 cm³/mol. The Morgan fingerprint density at radius 2 is 2.11 bits per heavy atom. The van der Waals surface area contributed by atoms with E-state index < -0.39 is 16.8 Å². The number of carbonyl (C=O) groups excluding carboxylic acids is 1. The second kappa shape index (κ2) is 5.76. The number of carbonyl (C=O) groups is 2. The van der Waals surface area contributed by atoms with Crippen molar-refractivity contribution >= 4 is 23.3 Å². The highest BCUT2D eigenvalue weighted by atomic mass is 16.6. The number of carboxylic acid groups (broad SMARTS) is 1. The van der Waals surface area contributed by atoms with E-state index in [0.29, 0.717) is 5.56 Å². The molecule has 0 atom stereocenters. The Morgan fingerprint density at radius 1 is 1.44 bits per heavy atom. The Morgan fingerprint density at radius 3 is 2.61 bits per heavy atom. The first-order valence-corrected chi connectivity index (χ1v) is 5.17. The van der Waals surface area contributed by atoms with Gasteiger partial charge in [0.05, 0.1) is 4.92 Å². The summed E-state index contributed by atoms with van der Waals surface area (Å²) in [4.78, 5) is 31.5. The van der Waals surface area contributed by atoms with E-state index in [4.69, 9.17) is 5.11 Å². The molecule has 0 aliphatic heterocycles. The second-order valence-electron chi connectivity index (χ2n) is 3.68. The summed E-state index contributed by atoms with van der Waals surface area (Å²) >= 11 is 0. The molecule has 1 amide bonds. The van der Waals surface area contributed by atoms with Crippen LogP contribution in [-0.4, -0.2) is 21.9 Å². The minimum atomic E-state index is -0.969. The van der Waals surface area contributed by atoms with Crippen molar-refractivity contribution in [2.75, 3.05) is 5.32 Å². The van der Waals surface area contributed by atoms with E-state index in [2.05, 4.69) is 5.32 Å². The Kier molecular flexibility index (Phi) is 4.36.